The van der Waals surface area contributed by atoms with Gasteiger partial charge in [0.15, 0.2) is 5.11 Å². The standard InChI is InChI=1S/C19H21N3O3S/c1-12(2)25-16-7-5-4-6-15(16)18(24)22-19(26)21-14-10-8-13(9-11-14)17(23)20-3/h4-12H,1-3H3,(H,20,23)(H2,21,22,24,26). The third-order valence-corrected chi connectivity index (χ3v) is 3.56. The van der Waals surface area contributed by atoms with Gasteiger partial charge in [0.25, 0.3) is 11.8 Å². The second-order valence-electron chi connectivity index (χ2n) is 5.73. The molecule has 0 saturated carbocycles. The minimum Gasteiger partial charge on any atom is -0.490 e. The Hall–Kier alpha value is -2.93. The summed E-state index contributed by atoms with van der Waals surface area (Å²) >= 11 is 5.19. The van der Waals surface area contributed by atoms with Gasteiger partial charge in [0.1, 0.15) is 5.75 Å². The number of carbonyl (C=O) groups is 2. The van der Waals surface area contributed by atoms with Crippen molar-refractivity contribution in [3.05, 3.63) is 59.7 Å². The van der Waals surface area contributed by atoms with Crippen molar-refractivity contribution in [2.45, 2.75) is 20.0 Å². The Morgan fingerprint density at radius 1 is 1.00 bits per heavy atom. The Morgan fingerprint density at radius 3 is 2.27 bits per heavy atom. The fraction of sp³-hybridized carbons (Fsp3) is 0.211. The molecule has 2 amide bonds. The number of carbonyl (C=O) groups excluding carboxylic acids is 2. The van der Waals surface area contributed by atoms with Crippen LogP contribution in [0.4, 0.5) is 5.69 Å². The van der Waals surface area contributed by atoms with E-state index in [9.17, 15) is 9.59 Å². The maximum atomic E-state index is 12.5. The van der Waals surface area contributed by atoms with E-state index in [0.29, 0.717) is 22.6 Å². The van der Waals surface area contributed by atoms with E-state index in [1.165, 1.54) is 0 Å². The summed E-state index contributed by atoms with van der Waals surface area (Å²) in [6.45, 7) is 3.78. The number of amides is 2. The molecule has 0 spiro atoms. The number of hydrogen-bond acceptors (Lipinski definition) is 4. The number of hydrogen-bond donors (Lipinski definition) is 3. The van der Waals surface area contributed by atoms with Crippen LogP contribution in [0.15, 0.2) is 48.5 Å². The number of rotatable bonds is 5. The molecule has 26 heavy (non-hydrogen) atoms. The van der Waals surface area contributed by atoms with Gasteiger partial charge in [-0.15, -0.1) is 0 Å². The Kier molecular flexibility index (Phi) is 6.68. The summed E-state index contributed by atoms with van der Waals surface area (Å²) in [5.74, 6) is -0.0346. The van der Waals surface area contributed by atoms with Gasteiger partial charge in [-0.2, -0.15) is 0 Å². The van der Waals surface area contributed by atoms with E-state index < -0.39 is 0 Å². The highest BCUT2D eigenvalue weighted by Crippen LogP contribution is 2.19. The minimum atomic E-state index is -0.360. The van der Waals surface area contributed by atoms with Crippen LogP contribution in [-0.2, 0) is 0 Å². The summed E-state index contributed by atoms with van der Waals surface area (Å²) < 4.78 is 5.65. The average molecular weight is 371 g/mol. The summed E-state index contributed by atoms with van der Waals surface area (Å²) in [6.07, 6.45) is -0.0483. The highest BCUT2D eigenvalue weighted by molar-refractivity contribution is 7.80. The second-order valence-corrected chi connectivity index (χ2v) is 6.14. The van der Waals surface area contributed by atoms with E-state index in [1.54, 1.807) is 55.6 Å². The first-order valence-corrected chi connectivity index (χ1v) is 8.51. The zero-order valence-corrected chi connectivity index (χ0v) is 15.6. The van der Waals surface area contributed by atoms with E-state index in [1.807, 2.05) is 13.8 Å². The molecule has 0 bridgehead atoms. The maximum Gasteiger partial charge on any atom is 0.261 e. The van der Waals surface area contributed by atoms with Crippen molar-refractivity contribution in [1.82, 2.24) is 10.6 Å². The van der Waals surface area contributed by atoms with Crippen LogP contribution in [0.3, 0.4) is 0 Å². The van der Waals surface area contributed by atoms with Crippen LogP contribution in [0.1, 0.15) is 34.6 Å². The van der Waals surface area contributed by atoms with Crippen molar-refractivity contribution in [1.29, 1.82) is 0 Å². The molecule has 0 heterocycles. The van der Waals surface area contributed by atoms with Crippen LogP contribution in [-0.4, -0.2) is 30.1 Å². The highest BCUT2D eigenvalue weighted by Gasteiger charge is 2.14. The van der Waals surface area contributed by atoms with Gasteiger partial charge in [0, 0.05) is 18.3 Å². The van der Waals surface area contributed by atoms with Crippen LogP contribution < -0.4 is 20.7 Å². The molecular weight excluding hydrogens is 350 g/mol. The number of para-hydroxylation sites is 1. The Balaban J connectivity index is 2.02. The number of ether oxygens (including phenoxy) is 1. The van der Waals surface area contributed by atoms with E-state index >= 15 is 0 Å². The monoisotopic (exact) mass is 371 g/mol. The molecule has 0 aromatic heterocycles. The second kappa shape index (κ2) is 8.96. The van der Waals surface area contributed by atoms with Crippen molar-refractivity contribution < 1.29 is 14.3 Å². The predicted molar refractivity (Wildman–Crippen MR) is 106 cm³/mol. The Bertz CT molecular complexity index is 804. The van der Waals surface area contributed by atoms with E-state index in [2.05, 4.69) is 16.0 Å². The van der Waals surface area contributed by atoms with E-state index in [0.717, 1.165) is 0 Å². The van der Waals surface area contributed by atoms with Gasteiger partial charge in [-0.1, -0.05) is 12.1 Å². The number of thiocarbonyl (C=S) groups is 1. The van der Waals surface area contributed by atoms with Crippen LogP contribution in [0.25, 0.3) is 0 Å². The Morgan fingerprint density at radius 2 is 1.65 bits per heavy atom. The van der Waals surface area contributed by atoms with Gasteiger partial charge in [-0.05, 0) is 62.5 Å². The number of anilines is 1. The first-order chi connectivity index (χ1) is 12.4. The van der Waals surface area contributed by atoms with Gasteiger partial charge in [-0.3, -0.25) is 14.9 Å². The molecule has 2 aromatic rings. The number of benzene rings is 2. The van der Waals surface area contributed by atoms with Gasteiger partial charge in [0.2, 0.25) is 0 Å². The lowest BCUT2D eigenvalue weighted by molar-refractivity contribution is 0.0958. The third-order valence-electron chi connectivity index (χ3n) is 3.35. The van der Waals surface area contributed by atoms with Crippen LogP contribution in [0.2, 0.25) is 0 Å². The van der Waals surface area contributed by atoms with Crippen molar-refractivity contribution >= 4 is 34.8 Å². The first kappa shape index (κ1) is 19.4. The van der Waals surface area contributed by atoms with Gasteiger partial charge in [0.05, 0.1) is 11.7 Å². The van der Waals surface area contributed by atoms with Gasteiger partial charge < -0.3 is 15.4 Å². The quantitative estimate of drug-likeness (QED) is 0.704. The van der Waals surface area contributed by atoms with Crippen LogP contribution in [0.5, 0.6) is 5.75 Å². The fourth-order valence-corrected chi connectivity index (χ4v) is 2.40. The SMILES string of the molecule is CNC(=O)c1ccc(NC(=S)NC(=O)c2ccccc2OC(C)C)cc1. The fourth-order valence-electron chi connectivity index (χ4n) is 2.19. The van der Waals surface area contributed by atoms with Gasteiger partial charge >= 0.3 is 0 Å². The molecule has 0 aliphatic rings. The summed E-state index contributed by atoms with van der Waals surface area (Å²) in [5.41, 5.74) is 1.60. The molecule has 0 aliphatic carbocycles. The van der Waals surface area contributed by atoms with Crippen molar-refractivity contribution in [3.63, 3.8) is 0 Å². The molecule has 0 unspecified atom stereocenters. The topological polar surface area (TPSA) is 79.5 Å². The van der Waals surface area contributed by atoms with E-state index in [4.69, 9.17) is 17.0 Å². The summed E-state index contributed by atoms with van der Waals surface area (Å²) in [4.78, 5) is 24.0. The lowest BCUT2D eigenvalue weighted by Crippen LogP contribution is -2.34. The summed E-state index contributed by atoms with van der Waals surface area (Å²) in [7, 11) is 1.57. The molecule has 7 heteroatoms. The van der Waals surface area contributed by atoms with Crippen molar-refractivity contribution in [2.24, 2.45) is 0 Å². The molecule has 0 fully saturated rings. The first-order valence-electron chi connectivity index (χ1n) is 8.11. The lowest BCUT2D eigenvalue weighted by atomic mass is 10.2. The normalized spacial score (nSPS) is 10.2. The maximum absolute atomic E-state index is 12.5. The largest absolute Gasteiger partial charge is 0.490 e. The molecule has 2 aromatic carbocycles. The van der Waals surface area contributed by atoms with Gasteiger partial charge in [-0.25, -0.2) is 0 Å². The molecule has 2 rings (SSSR count). The minimum absolute atomic E-state index is 0.0483. The zero-order valence-electron chi connectivity index (χ0n) is 14.8. The average Bonchev–Trinajstić information content (AvgIpc) is 2.61. The van der Waals surface area contributed by atoms with Crippen LogP contribution in [0, 0.1) is 0 Å². The molecule has 0 atom stereocenters. The predicted octanol–water partition coefficient (Wildman–Crippen LogP) is 2.96. The highest BCUT2D eigenvalue weighted by atomic mass is 32.1. The molecule has 0 aliphatic heterocycles. The molecule has 136 valence electrons. The Labute approximate surface area is 157 Å². The molecular formula is C19H21N3O3S. The third kappa shape index (κ3) is 5.29. The molecule has 3 N–H and O–H groups in total. The van der Waals surface area contributed by atoms with E-state index in [-0.39, 0.29) is 23.0 Å². The van der Waals surface area contributed by atoms with Crippen molar-refractivity contribution in [3.8, 4) is 5.75 Å². The smallest absolute Gasteiger partial charge is 0.261 e. The van der Waals surface area contributed by atoms with Crippen molar-refractivity contribution in [2.75, 3.05) is 12.4 Å². The zero-order chi connectivity index (χ0) is 19.1. The van der Waals surface area contributed by atoms with Crippen LogP contribution >= 0.6 is 12.2 Å². The lowest BCUT2D eigenvalue weighted by Gasteiger charge is -2.15. The summed E-state index contributed by atoms with van der Waals surface area (Å²) in [6, 6.07) is 13.7. The molecule has 0 saturated heterocycles. The molecule has 0 radical (unpaired) electrons. The summed E-state index contributed by atoms with van der Waals surface area (Å²) in [5, 5.41) is 8.25. The molecule has 6 nitrogen and oxygen atoms in total. The number of nitrogens with one attached hydrogen (secondary N) is 3.